The van der Waals surface area contributed by atoms with Crippen LogP contribution in [0.3, 0.4) is 0 Å². The van der Waals surface area contributed by atoms with Gasteiger partial charge in [-0.1, -0.05) is 19.9 Å². The summed E-state index contributed by atoms with van der Waals surface area (Å²) in [5.74, 6) is 0.133. The first-order valence-electron chi connectivity index (χ1n) is 6.18. The molecule has 2 amide bonds. The Kier molecular flexibility index (Phi) is 6.27. The summed E-state index contributed by atoms with van der Waals surface area (Å²) in [6.45, 7) is 4.77. The van der Waals surface area contributed by atoms with Gasteiger partial charge in [0.1, 0.15) is 0 Å². The first-order valence-corrected chi connectivity index (χ1v) is 7.25. The van der Waals surface area contributed by atoms with Crippen molar-refractivity contribution in [3.8, 4) is 0 Å². The van der Waals surface area contributed by atoms with E-state index in [4.69, 9.17) is 0 Å². The Labute approximate surface area is 127 Å². The highest BCUT2D eigenvalue weighted by Crippen LogP contribution is 2.09. The lowest BCUT2D eigenvalue weighted by atomic mass is 10.2. The Morgan fingerprint density at radius 2 is 2.05 bits per heavy atom. The molecule has 1 aromatic rings. The number of nitrogens with one attached hydrogen (secondary N) is 1. The maximum absolute atomic E-state index is 12.1. The fraction of sp³-hybridized carbons (Fsp3) is 0.429. The summed E-state index contributed by atoms with van der Waals surface area (Å²) in [4.78, 5) is 25.2. The number of likely N-dealkylation sites (N-methyl/N-ethyl adjacent to an activating group) is 1. The minimum absolute atomic E-state index is 0.0804. The highest BCUT2D eigenvalue weighted by atomic mass is 127. The molecular formula is C14H19IN2O2. The second-order valence-corrected chi connectivity index (χ2v) is 6.12. The number of benzene rings is 1. The van der Waals surface area contributed by atoms with Crippen LogP contribution in [0.4, 0.5) is 0 Å². The van der Waals surface area contributed by atoms with Gasteiger partial charge in [-0.25, -0.2) is 0 Å². The smallest absolute Gasteiger partial charge is 0.254 e. The third kappa shape index (κ3) is 5.59. The molecule has 0 aliphatic rings. The summed E-state index contributed by atoms with van der Waals surface area (Å²) in [6.07, 6.45) is 0. The summed E-state index contributed by atoms with van der Waals surface area (Å²) in [6, 6.07) is 7.33. The van der Waals surface area contributed by atoms with Crippen molar-refractivity contribution in [1.29, 1.82) is 0 Å². The maximum atomic E-state index is 12.1. The number of carbonyl (C=O) groups is 2. The molecule has 0 saturated heterocycles. The fourth-order valence-electron chi connectivity index (χ4n) is 1.50. The standard InChI is InChI=1S/C14H19IN2O2/c1-10(2)8-16-13(18)9-17(3)14(19)11-5-4-6-12(15)7-11/h4-7,10H,8-9H2,1-3H3,(H,16,18). The van der Waals surface area contributed by atoms with Crippen LogP contribution in [0.2, 0.25) is 0 Å². The molecule has 1 rings (SSSR count). The minimum atomic E-state index is -0.141. The van der Waals surface area contributed by atoms with E-state index in [-0.39, 0.29) is 18.4 Å². The van der Waals surface area contributed by atoms with Crippen molar-refractivity contribution in [2.24, 2.45) is 5.92 Å². The molecule has 4 nitrogen and oxygen atoms in total. The zero-order valence-corrected chi connectivity index (χ0v) is 13.6. The van der Waals surface area contributed by atoms with Crippen LogP contribution < -0.4 is 5.32 Å². The molecule has 0 aliphatic heterocycles. The molecule has 0 heterocycles. The molecule has 0 fully saturated rings. The third-order valence-electron chi connectivity index (χ3n) is 2.51. The first-order chi connectivity index (χ1) is 8.90. The molecule has 0 unspecified atom stereocenters. The Balaban J connectivity index is 2.55. The number of nitrogens with zero attached hydrogens (tertiary/aromatic N) is 1. The zero-order valence-electron chi connectivity index (χ0n) is 11.4. The molecule has 0 atom stereocenters. The van der Waals surface area contributed by atoms with Crippen molar-refractivity contribution in [1.82, 2.24) is 10.2 Å². The van der Waals surface area contributed by atoms with Gasteiger partial charge in [-0.3, -0.25) is 9.59 Å². The average molecular weight is 374 g/mol. The number of carbonyl (C=O) groups excluding carboxylic acids is 2. The van der Waals surface area contributed by atoms with E-state index in [9.17, 15) is 9.59 Å². The van der Waals surface area contributed by atoms with E-state index >= 15 is 0 Å². The monoisotopic (exact) mass is 374 g/mol. The Hall–Kier alpha value is -1.11. The van der Waals surface area contributed by atoms with E-state index in [1.807, 2.05) is 32.0 Å². The lowest BCUT2D eigenvalue weighted by Gasteiger charge is -2.17. The van der Waals surface area contributed by atoms with Gasteiger partial charge in [0, 0.05) is 22.7 Å². The summed E-state index contributed by atoms with van der Waals surface area (Å²) in [5.41, 5.74) is 0.603. The second-order valence-electron chi connectivity index (χ2n) is 4.87. The molecule has 0 bridgehead atoms. The molecular weight excluding hydrogens is 355 g/mol. The lowest BCUT2D eigenvalue weighted by molar-refractivity contribution is -0.121. The van der Waals surface area contributed by atoms with Gasteiger partial charge in [-0.15, -0.1) is 0 Å². The van der Waals surface area contributed by atoms with E-state index in [2.05, 4.69) is 27.9 Å². The lowest BCUT2D eigenvalue weighted by Crippen LogP contribution is -2.39. The van der Waals surface area contributed by atoms with E-state index in [1.54, 1.807) is 13.1 Å². The fourth-order valence-corrected chi connectivity index (χ4v) is 2.05. The molecule has 0 radical (unpaired) electrons. The van der Waals surface area contributed by atoms with Crippen molar-refractivity contribution in [3.63, 3.8) is 0 Å². The molecule has 0 aliphatic carbocycles. The number of hydrogen-bond donors (Lipinski definition) is 1. The van der Waals surface area contributed by atoms with Crippen molar-refractivity contribution < 1.29 is 9.59 Å². The van der Waals surface area contributed by atoms with Gasteiger partial charge in [-0.05, 0) is 46.7 Å². The minimum Gasteiger partial charge on any atom is -0.354 e. The summed E-state index contributed by atoms with van der Waals surface area (Å²) in [7, 11) is 1.64. The summed E-state index contributed by atoms with van der Waals surface area (Å²) >= 11 is 2.16. The maximum Gasteiger partial charge on any atom is 0.254 e. The topological polar surface area (TPSA) is 49.4 Å². The van der Waals surface area contributed by atoms with Gasteiger partial charge in [0.2, 0.25) is 5.91 Å². The molecule has 19 heavy (non-hydrogen) atoms. The van der Waals surface area contributed by atoms with Crippen LogP contribution in [0.25, 0.3) is 0 Å². The van der Waals surface area contributed by atoms with Crippen LogP contribution in [0.5, 0.6) is 0 Å². The largest absolute Gasteiger partial charge is 0.354 e. The van der Waals surface area contributed by atoms with Gasteiger partial charge >= 0.3 is 0 Å². The summed E-state index contributed by atoms with van der Waals surface area (Å²) in [5, 5.41) is 2.80. The van der Waals surface area contributed by atoms with Crippen molar-refractivity contribution in [2.75, 3.05) is 20.1 Å². The molecule has 104 valence electrons. The third-order valence-corrected chi connectivity index (χ3v) is 3.18. The molecule has 0 aromatic heterocycles. The predicted octanol–water partition coefficient (Wildman–Crippen LogP) is 2.14. The Bertz CT molecular complexity index is 461. The SMILES string of the molecule is CC(C)CNC(=O)CN(C)C(=O)c1cccc(I)c1. The Morgan fingerprint density at radius 3 is 2.63 bits per heavy atom. The molecule has 0 saturated carbocycles. The van der Waals surface area contributed by atoms with Crippen LogP contribution in [-0.2, 0) is 4.79 Å². The quantitative estimate of drug-likeness (QED) is 0.803. The first kappa shape index (κ1) is 15.9. The second kappa shape index (κ2) is 7.47. The normalized spacial score (nSPS) is 10.4. The van der Waals surface area contributed by atoms with E-state index in [1.165, 1.54) is 4.90 Å². The van der Waals surface area contributed by atoms with Crippen LogP contribution in [0.1, 0.15) is 24.2 Å². The molecule has 1 aromatic carbocycles. The van der Waals surface area contributed by atoms with Gasteiger partial charge in [0.05, 0.1) is 6.54 Å². The van der Waals surface area contributed by atoms with Crippen LogP contribution in [0.15, 0.2) is 24.3 Å². The number of rotatable bonds is 5. The van der Waals surface area contributed by atoms with E-state index in [0.717, 1.165) is 3.57 Å². The Morgan fingerprint density at radius 1 is 1.37 bits per heavy atom. The van der Waals surface area contributed by atoms with Crippen molar-refractivity contribution >= 4 is 34.4 Å². The van der Waals surface area contributed by atoms with E-state index in [0.29, 0.717) is 18.0 Å². The zero-order chi connectivity index (χ0) is 14.4. The van der Waals surface area contributed by atoms with E-state index < -0.39 is 0 Å². The molecule has 5 heteroatoms. The predicted molar refractivity (Wildman–Crippen MR) is 84.0 cm³/mol. The van der Waals surface area contributed by atoms with Crippen LogP contribution in [-0.4, -0.2) is 36.9 Å². The molecule has 1 N–H and O–H groups in total. The summed E-state index contributed by atoms with van der Waals surface area (Å²) < 4.78 is 1.00. The van der Waals surface area contributed by atoms with Crippen molar-refractivity contribution in [2.45, 2.75) is 13.8 Å². The number of amides is 2. The van der Waals surface area contributed by atoms with Crippen LogP contribution in [0, 0.1) is 9.49 Å². The molecule has 0 spiro atoms. The van der Waals surface area contributed by atoms with Gasteiger partial charge in [0.25, 0.3) is 5.91 Å². The highest BCUT2D eigenvalue weighted by molar-refractivity contribution is 14.1. The highest BCUT2D eigenvalue weighted by Gasteiger charge is 2.14. The van der Waals surface area contributed by atoms with Gasteiger partial charge < -0.3 is 10.2 Å². The average Bonchev–Trinajstić information content (AvgIpc) is 2.35. The van der Waals surface area contributed by atoms with Gasteiger partial charge in [0.15, 0.2) is 0 Å². The number of halogens is 1. The number of hydrogen-bond acceptors (Lipinski definition) is 2. The van der Waals surface area contributed by atoms with Crippen LogP contribution >= 0.6 is 22.6 Å². The van der Waals surface area contributed by atoms with Gasteiger partial charge in [-0.2, -0.15) is 0 Å². The van der Waals surface area contributed by atoms with Crippen molar-refractivity contribution in [3.05, 3.63) is 33.4 Å².